The highest BCUT2D eigenvalue weighted by Gasteiger charge is 2.40. The van der Waals surface area contributed by atoms with Gasteiger partial charge in [0.2, 0.25) is 0 Å². The van der Waals surface area contributed by atoms with Crippen LogP contribution in [-0.2, 0) is 9.53 Å². The Morgan fingerprint density at radius 3 is 2.40 bits per heavy atom. The molecule has 0 bridgehead atoms. The molecule has 0 atom stereocenters. The first-order valence-electron chi connectivity index (χ1n) is 6.38. The van der Waals surface area contributed by atoms with Gasteiger partial charge in [0.25, 0.3) is 5.91 Å². The van der Waals surface area contributed by atoms with E-state index in [-0.39, 0.29) is 12.5 Å². The molecular formula is C14H16ClNO4. The fraction of sp³-hybridized carbons (Fsp3) is 0.429. The normalized spacial score (nSPS) is 17.4. The molecule has 20 heavy (non-hydrogen) atoms. The van der Waals surface area contributed by atoms with Crippen LogP contribution in [0, 0.1) is 5.41 Å². The summed E-state index contributed by atoms with van der Waals surface area (Å²) in [5.41, 5.74) is -0.470. The third-order valence-corrected chi connectivity index (χ3v) is 3.85. The van der Waals surface area contributed by atoms with Crippen LogP contribution in [0.1, 0.15) is 23.2 Å². The highest BCUT2D eigenvalue weighted by Crippen LogP contribution is 2.30. The van der Waals surface area contributed by atoms with Gasteiger partial charge in [0.05, 0.1) is 5.41 Å². The molecule has 0 radical (unpaired) electrons. The SMILES string of the molecule is O=C(NCC1(C(=O)O)CCOCC1)c1ccc(Cl)cc1. The molecule has 2 rings (SSSR count). The van der Waals surface area contributed by atoms with Crippen molar-refractivity contribution >= 4 is 23.5 Å². The second-order valence-corrected chi connectivity index (χ2v) is 5.32. The molecule has 0 aromatic heterocycles. The number of hydrogen-bond donors (Lipinski definition) is 2. The second-order valence-electron chi connectivity index (χ2n) is 4.89. The maximum atomic E-state index is 12.0. The molecule has 6 heteroatoms. The number of ether oxygens (including phenoxy) is 1. The number of hydrogen-bond acceptors (Lipinski definition) is 3. The summed E-state index contributed by atoms with van der Waals surface area (Å²) in [6, 6.07) is 6.46. The van der Waals surface area contributed by atoms with Crippen molar-refractivity contribution in [2.75, 3.05) is 19.8 Å². The third-order valence-electron chi connectivity index (χ3n) is 3.60. The Hall–Kier alpha value is -1.59. The first kappa shape index (κ1) is 14.8. The molecule has 108 valence electrons. The van der Waals surface area contributed by atoms with Gasteiger partial charge in [0.15, 0.2) is 0 Å². The van der Waals surface area contributed by atoms with Crippen molar-refractivity contribution in [2.45, 2.75) is 12.8 Å². The summed E-state index contributed by atoms with van der Waals surface area (Å²) < 4.78 is 5.19. The summed E-state index contributed by atoms with van der Waals surface area (Å²) in [7, 11) is 0. The summed E-state index contributed by atoms with van der Waals surface area (Å²) in [5.74, 6) is -1.19. The van der Waals surface area contributed by atoms with Gasteiger partial charge in [-0.3, -0.25) is 9.59 Å². The number of benzene rings is 1. The number of carboxylic acid groups (broad SMARTS) is 1. The zero-order chi connectivity index (χ0) is 14.6. The van der Waals surface area contributed by atoms with Gasteiger partial charge in [-0.05, 0) is 37.1 Å². The van der Waals surface area contributed by atoms with Gasteiger partial charge in [-0.1, -0.05) is 11.6 Å². The number of carbonyl (C=O) groups excluding carboxylic acids is 1. The van der Waals surface area contributed by atoms with Crippen LogP contribution in [0.25, 0.3) is 0 Å². The lowest BCUT2D eigenvalue weighted by Gasteiger charge is -2.33. The molecule has 1 saturated heterocycles. The maximum Gasteiger partial charge on any atom is 0.311 e. The Balaban J connectivity index is 2.00. The molecule has 1 heterocycles. The van der Waals surface area contributed by atoms with Crippen LogP contribution in [-0.4, -0.2) is 36.7 Å². The van der Waals surface area contributed by atoms with E-state index in [0.29, 0.717) is 36.6 Å². The summed E-state index contributed by atoms with van der Waals surface area (Å²) in [5, 5.41) is 12.6. The molecule has 1 amide bonds. The summed E-state index contributed by atoms with van der Waals surface area (Å²) in [6.07, 6.45) is 0.812. The second kappa shape index (κ2) is 6.24. The lowest BCUT2D eigenvalue weighted by molar-refractivity contribution is -0.154. The lowest BCUT2D eigenvalue weighted by Crippen LogP contribution is -2.46. The zero-order valence-electron chi connectivity index (χ0n) is 10.9. The van der Waals surface area contributed by atoms with Gasteiger partial charge in [0.1, 0.15) is 0 Å². The predicted octanol–water partition coefficient (Wildman–Crippen LogP) is 1.95. The molecule has 0 unspecified atom stereocenters. The quantitative estimate of drug-likeness (QED) is 0.890. The van der Waals surface area contributed by atoms with Gasteiger partial charge in [-0.15, -0.1) is 0 Å². The minimum absolute atomic E-state index is 0.104. The Kier molecular flexibility index (Phi) is 4.62. The van der Waals surface area contributed by atoms with E-state index in [2.05, 4.69) is 5.32 Å². The number of aliphatic carboxylic acids is 1. The summed E-state index contributed by atoms with van der Waals surface area (Å²) >= 11 is 5.76. The van der Waals surface area contributed by atoms with E-state index < -0.39 is 11.4 Å². The van der Waals surface area contributed by atoms with Gasteiger partial charge < -0.3 is 15.2 Å². The van der Waals surface area contributed by atoms with Crippen molar-refractivity contribution in [1.82, 2.24) is 5.32 Å². The molecule has 1 aliphatic heterocycles. The predicted molar refractivity (Wildman–Crippen MR) is 73.9 cm³/mol. The van der Waals surface area contributed by atoms with Gasteiger partial charge in [-0.25, -0.2) is 0 Å². The van der Waals surface area contributed by atoms with Crippen LogP contribution < -0.4 is 5.32 Å². The van der Waals surface area contributed by atoms with Gasteiger partial charge in [0, 0.05) is 30.3 Å². The maximum absolute atomic E-state index is 12.0. The molecule has 5 nitrogen and oxygen atoms in total. The number of carboxylic acids is 1. The third kappa shape index (κ3) is 3.29. The summed E-state index contributed by atoms with van der Waals surface area (Å²) in [4.78, 5) is 23.4. The van der Waals surface area contributed by atoms with Crippen LogP contribution in [0.15, 0.2) is 24.3 Å². The summed E-state index contributed by atoms with van der Waals surface area (Å²) in [6.45, 7) is 0.916. The Morgan fingerprint density at radius 2 is 1.85 bits per heavy atom. The Morgan fingerprint density at radius 1 is 1.25 bits per heavy atom. The van der Waals surface area contributed by atoms with E-state index in [1.54, 1.807) is 24.3 Å². The number of amides is 1. The number of rotatable bonds is 4. The van der Waals surface area contributed by atoms with Crippen LogP contribution in [0.3, 0.4) is 0 Å². The average molecular weight is 298 g/mol. The van der Waals surface area contributed by atoms with E-state index in [0.717, 1.165) is 0 Å². The monoisotopic (exact) mass is 297 g/mol. The smallest absolute Gasteiger partial charge is 0.311 e. The minimum Gasteiger partial charge on any atom is -0.481 e. The van der Waals surface area contributed by atoms with E-state index in [4.69, 9.17) is 16.3 Å². The lowest BCUT2D eigenvalue weighted by atomic mass is 9.80. The molecule has 1 aliphatic rings. The first-order valence-corrected chi connectivity index (χ1v) is 6.76. The molecular weight excluding hydrogens is 282 g/mol. The van der Waals surface area contributed by atoms with Gasteiger partial charge >= 0.3 is 5.97 Å². The van der Waals surface area contributed by atoms with Crippen LogP contribution in [0.2, 0.25) is 5.02 Å². The van der Waals surface area contributed by atoms with Crippen molar-refractivity contribution in [2.24, 2.45) is 5.41 Å². The number of halogens is 1. The van der Waals surface area contributed by atoms with E-state index in [1.807, 2.05) is 0 Å². The van der Waals surface area contributed by atoms with Crippen LogP contribution in [0.4, 0.5) is 0 Å². The molecule has 0 spiro atoms. The van der Waals surface area contributed by atoms with Crippen molar-refractivity contribution in [1.29, 1.82) is 0 Å². The average Bonchev–Trinajstić information content (AvgIpc) is 2.46. The molecule has 1 fully saturated rings. The van der Waals surface area contributed by atoms with Crippen LogP contribution >= 0.6 is 11.6 Å². The highest BCUT2D eigenvalue weighted by molar-refractivity contribution is 6.30. The van der Waals surface area contributed by atoms with E-state index in [9.17, 15) is 14.7 Å². The molecule has 1 aromatic carbocycles. The fourth-order valence-corrected chi connectivity index (χ4v) is 2.31. The van der Waals surface area contributed by atoms with Crippen molar-refractivity contribution in [3.8, 4) is 0 Å². The number of carbonyl (C=O) groups is 2. The van der Waals surface area contributed by atoms with Crippen molar-refractivity contribution in [3.63, 3.8) is 0 Å². The topological polar surface area (TPSA) is 75.6 Å². The molecule has 0 aliphatic carbocycles. The Labute approximate surface area is 121 Å². The largest absolute Gasteiger partial charge is 0.481 e. The molecule has 2 N–H and O–H groups in total. The minimum atomic E-state index is -0.930. The fourth-order valence-electron chi connectivity index (χ4n) is 2.18. The van der Waals surface area contributed by atoms with E-state index in [1.165, 1.54) is 0 Å². The molecule has 1 aromatic rings. The van der Waals surface area contributed by atoms with Crippen molar-refractivity contribution in [3.05, 3.63) is 34.9 Å². The van der Waals surface area contributed by atoms with E-state index >= 15 is 0 Å². The number of nitrogens with one attached hydrogen (secondary N) is 1. The zero-order valence-corrected chi connectivity index (χ0v) is 11.7. The first-order chi connectivity index (χ1) is 9.53. The Bertz CT molecular complexity index is 494. The molecule has 0 saturated carbocycles. The van der Waals surface area contributed by atoms with Gasteiger partial charge in [-0.2, -0.15) is 0 Å². The van der Waals surface area contributed by atoms with Crippen molar-refractivity contribution < 1.29 is 19.4 Å². The highest BCUT2D eigenvalue weighted by atomic mass is 35.5. The van der Waals surface area contributed by atoms with Crippen LogP contribution in [0.5, 0.6) is 0 Å². The standard InChI is InChI=1S/C14H16ClNO4/c15-11-3-1-10(2-4-11)12(17)16-9-14(13(18)19)5-7-20-8-6-14/h1-4H,5-9H2,(H,16,17)(H,18,19).